The molecule has 0 aliphatic carbocycles. The molecular formula is C47H73N3O7S2. The van der Waals surface area contributed by atoms with Crippen LogP contribution in [0.1, 0.15) is 134 Å². The highest BCUT2D eigenvalue weighted by Crippen LogP contribution is 2.34. The number of thiazole rings is 1. The molecule has 0 bridgehead atoms. The predicted molar refractivity (Wildman–Crippen MR) is 240 cm³/mol. The third-order valence-corrected chi connectivity index (χ3v) is 14.2. The number of benzene rings is 1. The first-order valence-electron chi connectivity index (χ1n) is 21.8. The maximum atomic E-state index is 14.4. The molecule has 1 aliphatic heterocycles. The molecule has 0 radical (unpaired) electrons. The van der Waals surface area contributed by atoms with Gasteiger partial charge < -0.3 is 19.3 Å². The second kappa shape index (κ2) is 24.5. The number of ketones is 3. The number of likely N-dealkylation sites (tertiary alicyclic amines) is 1. The van der Waals surface area contributed by atoms with Crippen LogP contribution in [0.15, 0.2) is 35.7 Å². The van der Waals surface area contributed by atoms with E-state index in [0.29, 0.717) is 43.7 Å². The van der Waals surface area contributed by atoms with E-state index in [2.05, 4.69) is 26.5 Å². The summed E-state index contributed by atoms with van der Waals surface area (Å²) >= 11 is 5.67. The second-order valence-corrected chi connectivity index (χ2v) is 18.9. The van der Waals surface area contributed by atoms with Gasteiger partial charge in [0.2, 0.25) is 11.8 Å². The fraction of sp³-hybridized carbons (Fsp3) is 0.702. The lowest BCUT2D eigenvalue weighted by Crippen LogP contribution is -2.54. The van der Waals surface area contributed by atoms with Gasteiger partial charge in [0.05, 0.1) is 35.7 Å². The molecule has 1 fully saturated rings. The molecular weight excluding hydrogens is 783 g/mol. The van der Waals surface area contributed by atoms with E-state index in [1.165, 1.54) is 11.3 Å². The van der Waals surface area contributed by atoms with E-state index in [4.69, 9.17) is 14.5 Å². The Bertz CT molecular complexity index is 1650. The van der Waals surface area contributed by atoms with Crippen LogP contribution in [0.2, 0.25) is 0 Å². The summed E-state index contributed by atoms with van der Waals surface area (Å²) in [7, 11) is 4.98. The van der Waals surface area contributed by atoms with Crippen LogP contribution in [0.5, 0.6) is 0 Å². The lowest BCUT2D eigenvalue weighted by molar-refractivity contribution is -0.149. The Morgan fingerprint density at radius 3 is 2.15 bits per heavy atom. The zero-order valence-electron chi connectivity index (χ0n) is 37.6. The molecule has 9 atom stereocenters. The number of thiol groups is 1. The second-order valence-electron chi connectivity index (χ2n) is 17.5. The highest BCUT2D eigenvalue weighted by molar-refractivity contribution is 7.80. The molecule has 10 nitrogen and oxygen atoms in total. The first-order chi connectivity index (χ1) is 28.0. The summed E-state index contributed by atoms with van der Waals surface area (Å²) in [6, 6.07) is 9.29. The zero-order chi connectivity index (χ0) is 44.0. The van der Waals surface area contributed by atoms with Crippen molar-refractivity contribution in [1.82, 2.24) is 14.8 Å². The summed E-state index contributed by atoms with van der Waals surface area (Å²) < 4.78 is 12.2. The van der Waals surface area contributed by atoms with Gasteiger partial charge in [0.1, 0.15) is 17.3 Å². The van der Waals surface area contributed by atoms with E-state index < -0.39 is 30.1 Å². The van der Waals surface area contributed by atoms with Crippen molar-refractivity contribution in [2.45, 2.75) is 143 Å². The third-order valence-electron chi connectivity index (χ3n) is 12.9. The monoisotopic (exact) mass is 855 g/mol. The molecule has 2 amide bonds. The summed E-state index contributed by atoms with van der Waals surface area (Å²) in [5.74, 6) is -0.684. The molecule has 1 saturated heterocycles. The van der Waals surface area contributed by atoms with Gasteiger partial charge in [-0.15, -0.1) is 11.3 Å². The highest BCUT2D eigenvalue weighted by atomic mass is 32.1. The van der Waals surface area contributed by atoms with Gasteiger partial charge in [-0.25, -0.2) is 4.98 Å². The minimum atomic E-state index is -0.586. The number of Topliss-reactive ketones (excluding diaryl/α,β-unsaturated/α-hetero) is 3. The Kier molecular flexibility index (Phi) is 20.9. The number of likely N-dealkylation sites (N-methyl/N-ethyl adjacent to an activating group) is 1. The Labute approximate surface area is 364 Å². The number of methoxy groups -OCH3 is 2. The van der Waals surface area contributed by atoms with Gasteiger partial charge >= 0.3 is 0 Å². The number of amides is 2. The molecule has 12 heteroatoms. The molecule has 1 aromatic carbocycles. The third kappa shape index (κ3) is 13.8. The molecule has 59 heavy (non-hydrogen) atoms. The standard InChI is InChI=1S/C47H73N3O7S2/c1-12-31(6)44(49(9)47(55)36(30(4)5)26-41(53)32(7)29(2)3)42(56-10)27-43(54)50-22-16-20-38(50)45(57-11)33(8)40(52)25-35(24-34-18-14-13-15-19-34)46-48-37(28-59-46)39(51)21-17-23-58/h13-15,18-19,28-33,35-36,38,42,44-45,58H,12,16-17,20-27H2,1-11H3/t31-,32-,33-,35+,36-,38-,42+,44-,45+/m0/s1. The maximum Gasteiger partial charge on any atom is 0.226 e. The van der Waals surface area contributed by atoms with Gasteiger partial charge in [-0.05, 0) is 54.8 Å². The van der Waals surface area contributed by atoms with Gasteiger partial charge in [-0.1, -0.05) is 92.1 Å². The molecule has 0 spiro atoms. The normalized spacial score (nSPS) is 18.5. The van der Waals surface area contributed by atoms with E-state index in [0.717, 1.165) is 23.4 Å². The largest absolute Gasteiger partial charge is 0.379 e. The summed E-state index contributed by atoms with van der Waals surface area (Å²) in [6.07, 6.45) is 3.25. The Balaban J connectivity index is 1.82. The van der Waals surface area contributed by atoms with Gasteiger partial charge in [0, 0.05) is 76.1 Å². The van der Waals surface area contributed by atoms with Crippen LogP contribution >= 0.6 is 24.0 Å². The number of carbonyl (C=O) groups is 5. The summed E-state index contributed by atoms with van der Waals surface area (Å²) in [6.45, 7) is 16.5. The first kappa shape index (κ1) is 50.4. The van der Waals surface area contributed by atoms with Crippen molar-refractivity contribution >= 4 is 53.1 Å². The molecule has 1 aliphatic rings. The summed E-state index contributed by atoms with van der Waals surface area (Å²) in [5, 5.41) is 2.56. The van der Waals surface area contributed by atoms with Crippen molar-refractivity contribution in [3.05, 3.63) is 52.0 Å². The number of ether oxygens (including phenoxy) is 2. The van der Waals surface area contributed by atoms with Crippen molar-refractivity contribution in [3.63, 3.8) is 0 Å². The lowest BCUT2D eigenvalue weighted by Gasteiger charge is -2.41. The molecule has 1 aromatic heterocycles. The molecule has 2 aromatic rings. The van der Waals surface area contributed by atoms with E-state index in [9.17, 15) is 24.0 Å². The number of aromatic nitrogens is 1. The quantitative estimate of drug-likeness (QED) is 0.0737. The van der Waals surface area contributed by atoms with Gasteiger partial charge in [-0.3, -0.25) is 24.0 Å². The van der Waals surface area contributed by atoms with Crippen LogP contribution in [0.4, 0.5) is 0 Å². The van der Waals surface area contributed by atoms with Crippen LogP contribution in [-0.2, 0) is 35.1 Å². The average Bonchev–Trinajstić information content (AvgIpc) is 3.92. The number of carbonyl (C=O) groups excluding carboxylic acids is 5. The minimum absolute atomic E-state index is 0.0161. The van der Waals surface area contributed by atoms with Crippen LogP contribution in [-0.4, -0.2) is 102 Å². The SMILES string of the molecule is CC[C@H](C)[C@@H]([C@@H](CC(=O)N1CCC[C@H]1[C@H](OC)[C@@H](C)C(=O)C[C@@H](Cc1ccccc1)c1nc(C(=O)CCCS)cs1)OC)N(C)C(=O)[C@@H](CC(=O)[C@@H](C)C(C)C)C(C)C. The van der Waals surface area contributed by atoms with Gasteiger partial charge in [0.15, 0.2) is 5.78 Å². The Morgan fingerprint density at radius 2 is 1.58 bits per heavy atom. The molecule has 0 saturated carbocycles. The van der Waals surface area contributed by atoms with Gasteiger partial charge in [0.25, 0.3) is 0 Å². The van der Waals surface area contributed by atoms with Crippen molar-refractivity contribution in [1.29, 1.82) is 0 Å². The summed E-state index contributed by atoms with van der Waals surface area (Å²) in [4.78, 5) is 77.3. The molecule has 2 heterocycles. The lowest BCUT2D eigenvalue weighted by atomic mass is 9.82. The van der Waals surface area contributed by atoms with E-state index in [-0.39, 0.29) is 84.1 Å². The average molecular weight is 856 g/mol. The van der Waals surface area contributed by atoms with Crippen molar-refractivity contribution < 1.29 is 33.4 Å². The maximum absolute atomic E-state index is 14.4. The molecule has 0 N–H and O–H groups in total. The molecule has 330 valence electrons. The van der Waals surface area contributed by atoms with Crippen LogP contribution < -0.4 is 0 Å². The molecule has 0 unspecified atom stereocenters. The topological polar surface area (TPSA) is 123 Å². The Morgan fingerprint density at radius 1 is 0.915 bits per heavy atom. The fourth-order valence-electron chi connectivity index (χ4n) is 8.53. The molecule has 3 rings (SSSR count). The number of hydrogen-bond acceptors (Lipinski definition) is 10. The summed E-state index contributed by atoms with van der Waals surface area (Å²) in [5.41, 5.74) is 1.52. The predicted octanol–water partition coefficient (Wildman–Crippen LogP) is 8.77. The number of nitrogens with zero attached hydrogens (tertiary/aromatic N) is 3. The number of rotatable bonds is 26. The van der Waals surface area contributed by atoms with Crippen LogP contribution in [0.25, 0.3) is 0 Å². The first-order valence-corrected chi connectivity index (χ1v) is 23.3. The van der Waals surface area contributed by atoms with Gasteiger partial charge in [-0.2, -0.15) is 12.6 Å². The smallest absolute Gasteiger partial charge is 0.226 e. The van der Waals surface area contributed by atoms with E-state index in [1.807, 2.05) is 76.8 Å². The van der Waals surface area contributed by atoms with E-state index in [1.54, 1.807) is 31.5 Å². The van der Waals surface area contributed by atoms with Crippen molar-refractivity contribution in [3.8, 4) is 0 Å². The highest BCUT2D eigenvalue weighted by Gasteiger charge is 2.43. The van der Waals surface area contributed by atoms with Crippen LogP contribution in [0.3, 0.4) is 0 Å². The number of hydrogen-bond donors (Lipinski definition) is 1. The van der Waals surface area contributed by atoms with Crippen molar-refractivity contribution in [2.24, 2.45) is 35.5 Å². The zero-order valence-corrected chi connectivity index (χ0v) is 39.4. The van der Waals surface area contributed by atoms with Crippen LogP contribution in [0, 0.1) is 35.5 Å². The fourth-order valence-corrected chi connectivity index (χ4v) is 9.61. The minimum Gasteiger partial charge on any atom is -0.379 e. The Hall–Kier alpha value is -2.93. The van der Waals surface area contributed by atoms with Crippen molar-refractivity contribution in [2.75, 3.05) is 33.6 Å². The van der Waals surface area contributed by atoms with E-state index >= 15 is 0 Å².